The summed E-state index contributed by atoms with van der Waals surface area (Å²) in [4.78, 5) is 0. The fourth-order valence-corrected chi connectivity index (χ4v) is 7.21. The molecule has 0 aliphatic heterocycles. The van der Waals surface area contributed by atoms with Crippen LogP contribution in [0.2, 0.25) is 0 Å². The van der Waals surface area contributed by atoms with E-state index in [0.29, 0.717) is 5.41 Å². The van der Waals surface area contributed by atoms with Crippen LogP contribution in [0.15, 0.2) is 0 Å². The van der Waals surface area contributed by atoms with Crippen LogP contribution in [-0.4, -0.2) is 22.4 Å². The second-order valence-corrected chi connectivity index (χ2v) is 9.22. The Morgan fingerprint density at radius 1 is 0.762 bits per heavy atom. The van der Waals surface area contributed by atoms with E-state index in [0.717, 1.165) is 42.9 Å². The van der Waals surface area contributed by atoms with Crippen molar-refractivity contribution in [1.29, 1.82) is 0 Å². The molecule has 0 bridgehead atoms. The molecule has 0 aromatic carbocycles. The maximum Gasteiger partial charge on any atom is 0.0596 e. The molecule has 2 N–H and O–H groups in total. The van der Waals surface area contributed by atoms with E-state index in [2.05, 4.69) is 13.8 Å². The smallest absolute Gasteiger partial charge is 0.0596 e. The molecule has 4 fully saturated rings. The van der Waals surface area contributed by atoms with Gasteiger partial charge in [0.25, 0.3) is 0 Å². The van der Waals surface area contributed by atoms with E-state index in [1.165, 1.54) is 38.5 Å². The largest absolute Gasteiger partial charge is 0.393 e. The molecule has 120 valence electrons. The number of aliphatic hydroxyl groups is 2. The number of hydrogen-bond acceptors (Lipinski definition) is 2. The molecule has 0 heterocycles. The van der Waals surface area contributed by atoms with Gasteiger partial charge in [-0.3, -0.25) is 0 Å². The van der Waals surface area contributed by atoms with E-state index in [-0.39, 0.29) is 17.6 Å². The first-order valence-corrected chi connectivity index (χ1v) is 9.31. The van der Waals surface area contributed by atoms with E-state index in [1.54, 1.807) is 0 Å². The standard InChI is InChI=1S/C19H32O2/c1-18-9-7-13(20)11-12(18)3-4-14-15-5-6-17(21)19(15,2)10-8-16(14)18/h12-17,20-21H,3-11H2,1-2H3/t12-,13?,14?,15-,16-,17-,18-,19-/m0/s1. The highest BCUT2D eigenvalue weighted by Gasteiger charge is 2.59. The lowest BCUT2D eigenvalue weighted by atomic mass is 9.45. The van der Waals surface area contributed by atoms with Gasteiger partial charge in [0.05, 0.1) is 12.2 Å². The molecular weight excluding hydrogens is 260 g/mol. The average molecular weight is 292 g/mol. The van der Waals surface area contributed by atoms with Crippen LogP contribution in [0.3, 0.4) is 0 Å². The molecule has 0 spiro atoms. The van der Waals surface area contributed by atoms with E-state index >= 15 is 0 Å². The molecule has 4 aliphatic rings. The normalized spacial score (nSPS) is 60.0. The molecule has 2 unspecified atom stereocenters. The first-order valence-electron chi connectivity index (χ1n) is 9.31. The summed E-state index contributed by atoms with van der Waals surface area (Å²) in [6.45, 7) is 4.90. The Labute approximate surface area is 129 Å². The zero-order valence-corrected chi connectivity index (χ0v) is 13.7. The summed E-state index contributed by atoms with van der Waals surface area (Å²) in [6.07, 6.45) is 10.7. The number of aliphatic hydroxyl groups excluding tert-OH is 2. The molecular formula is C19H32O2. The number of rotatable bonds is 0. The van der Waals surface area contributed by atoms with Crippen LogP contribution < -0.4 is 0 Å². The summed E-state index contributed by atoms with van der Waals surface area (Å²) in [6, 6.07) is 0. The molecule has 0 radical (unpaired) electrons. The summed E-state index contributed by atoms with van der Waals surface area (Å²) < 4.78 is 0. The van der Waals surface area contributed by atoms with E-state index in [1.807, 2.05) is 0 Å². The Bertz CT molecular complexity index is 422. The quantitative estimate of drug-likeness (QED) is 0.714. The summed E-state index contributed by atoms with van der Waals surface area (Å²) in [5, 5.41) is 20.5. The van der Waals surface area contributed by atoms with Gasteiger partial charge in [0.1, 0.15) is 0 Å². The zero-order chi connectivity index (χ0) is 14.8. The molecule has 0 aromatic rings. The highest BCUT2D eigenvalue weighted by molar-refractivity contribution is 5.09. The van der Waals surface area contributed by atoms with Crippen molar-refractivity contribution in [3.8, 4) is 0 Å². The monoisotopic (exact) mass is 292 g/mol. The third-order valence-corrected chi connectivity index (χ3v) is 8.59. The van der Waals surface area contributed by atoms with Crippen molar-refractivity contribution in [3.63, 3.8) is 0 Å². The van der Waals surface area contributed by atoms with E-state index in [4.69, 9.17) is 0 Å². The molecule has 2 heteroatoms. The Morgan fingerprint density at radius 2 is 1.48 bits per heavy atom. The summed E-state index contributed by atoms with van der Waals surface area (Å²) in [7, 11) is 0. The van der Waals surface area contributed by atoms with Crippen LogP contribution in [0.4, 0.5) is 0 Å². The van der Waals surface area contributed by atoms with Crippen molar-refractivity contribution in [3.05, 3.63) is 0 Å². The lowest BCUT2D eigenvalue weighted by Crippen LogP contribution is -2.54. The van der Waals surface area contributed by atoms with Gasteiger partial charge in [-0.1, -0.05) is 13.8 Å². The highest BCUT2D eigenvalue weighted by Crippen LogP contribution is 2.66. The Hall–Kier alpha value is -0.0800. The number of hydrogen-bond donors (Lipinski definition) is 2. The van der Waals surface area contributed by atoms with Gasteiger partial charge < -0.3 is 10.2 Å². The van der Waals surface area contributed by atoms with Crippen molar-refractivity contribution >= 4 is 0 Å². The average Bonchev–Trinajstić information content (AvgIpc) is 2.76. The predicted octanol–water partition coefficient (Wildman–Crippen LogP) is 3.75. The van der Waals surface area contributed by atoms with Crippen molar-refractivity contribution in [2.45, 2.75) is 83.8 Å². The van der Waals surface area contributed by atoms with Gasteiger partial charge in [-0.25, -0.2) is 0 Å². The molecule has 4 rings (SSSR count). The first kappa shape index (κ1) is 14.5. The third kappa shape index (κ3) is 1.91. The van der Waals surface area contributed by atoms with Crippen molar-refractivity contribution in [2.24, 2.45) is 34.5 Å². The van der Waals surface area contributed by atoms with Gasteiger partial charge in [-0.05, 0) is 92.3 Å². The number of fused-ring (bicyclic) bond motifs is 5. The molecule has 0 saturated heterocycles. The molecule has 4 aliphatic carbocycles. The minimum atomic E-state index is -0.0536. The second kappa shape index (κ2) is 4.71. The first-order chi connectivity index (χ1) is 9.95. The van der Waals surface area contributed by atoms with Crippen molar-refractivity contribution < 1.29 is 10.2 Å². The van der Waals surface area contributed by atoms with Gasteiger partial charge in [0, 0.05) is 0 Å². The minimum Gasteiger partial charge on any atom is -0.393 e. The van der Waals surface area contributed by atoms with Gasteiger partial charge in [-0.15, -0.1) is 0 Å². The van der Waals surface area contributed by atoms with Crippen LogP contribution in [-0.2, 0) is 0 Å². The van der Waals surface area contributed by atoms with Gasteiger partial charge >= 0.3 is 0 Å². The Morgan fingerprint density at radius 3 is 2.29 bits per heavy atom. The van der Waals surface area contributed by atoms with Crippen LogP contribution in [0.25, 0.3) is 0 Å². The SMILES string of the molecule is C[C@]12CCC(O)C[C@@H]1CCC1[C@@H]2CC[C@]2(C)[C@@H](O)CC[C@@H]12. The van der Waals surface area contributed by atoms with Gasteiger partial charge in [-0.2, -0.15) is 0 Å². The van der Waals surface area contributed by atoms with Crippen molar-refractivity contribution in [1.82, 2.24) is 0 Å². The van der Waals surface area contributed by atoms with Crippen LogP contribution in [0.5, 0.6) is 0 Å². The van der Waals surface area contributed by atoms with Crippen LogP contribution >= 0.6 is 0 Å². The van der Waals surface area contributed by atoms with Crippen LogP contribution in [0.1, 0.15) is 71.6 Å². The molecule has 8 atom stereocenters. The van der Waals surface area contributed by atoms with E-state index in [9.17, 15) is 10.2 Å². The lowest BCUT2D eigenvalue weighted by molar-refractivity contribution is -0.133. The topological polar surface area (TPSA) is 40.5 Å². The van der Waals surface area contributed by atoms with Gasteiger partial charge in [0.15, 0.2) is 0 Å². The zero-order valence-electron chi connectivity index (χ0n) is 13.7. The molecule has 2 nitrogen and oxygen atoms in total. The van der Waals surface area contributed by atoms with Gasteiger partial charge in [0.2, 0.25) is 0 Å². The molecule has 0 amide bonds. The fraction of sp³-hybridized carbons (Fsp3) is 1.00. The minimum absolute atomic E-state index is 0.0400. The maximum absolute atomic E-state index is 10.5. The molecule has 4 saturated carbocycles. The van der Waals surface area contributed by atoms with Crippen LogP contribution in [0, 0.1) is 34.5 Å². The molecule has 0 aromatic heterocycles. The second-order valence-electron chi connectivity index (χ2n) is 9.22. The summed E-state index contributed by atoms with van der Waals surface area (Å²) in [5.41, 5.74) is 0.676. The van der Waals surface area contributed by atoms with Crippen molar-refractivity contribution in [2.75, 3.05) is 0 Å². The molecule has 21 heavy (non-hydrogen) atoms. The maximum atomic E-state index is 10.5. The summed E-state index contributed by atoms with van der Waals surface area (Å²) in [5.74, 6) is 3.21. The predicted molar refractivity (Wildman–Crippen MR) is 83.7 cm³/mol. The Balaban J connectivity index is 1.62. The third-order valence-electron chi connectivity index (χ3n) is 8.59. The lowest BCUT2D eigenvalue weighted by Gasteiger charge is -2.60. The summed E-state index contributed by atoms with van der Waals surface area (Å²) >= 11 is 0. The fourth-order valence-electron chi connectivity index (χ4n) is 7.21. The Kier molecular flexibility index (Phi) is 3.25. The highest BCUT2D eigenvalue weighted by atomic mass is 16.3. The van der Waals surface area contributed by atoms with E-state index < -0.39 is 0 Å².